The largest absolute Gasteiger partial charge is 0.573 e. The third-order valence-electron chi connectivity index (χ3n) is 2.46. The van der Waals surface area contributed by atoms with E-state index in [1.54, 1.807) is 6.07 Å². The SMILES string of the molecule is CC(C)C(N)Cc1cccc(OC(F)(F)F)c1. The number of alkyl halides is 3. The molecule has 1 rings (SSSR count). The van der Waals surface area contributed by atoms with Crippen molar-refractivity contribution in [1.82, 2.24) is 0 Å². The molecule has 0 radical (unpaired) electrons. The number of rotatable bonds is 4. The van der Waals surface area contributed by atoms with Crippen molar-refractivity contribution in [2.75, 3.05) is 0 Å². The van der Waals surface area contributed by atoms with Crippen molar-refractivity contribution in [2.24, 2.45) is 11.7 Å². The van der Waals surface area contributed by atoms with Crippen LogP contribution in [-0.4, -0.2) is 12.4 Å². The second-order valence-corrected chi connectivity index (χ2v) is 4.31. The highest BCUT2D eigenvalue weighted by molar-refractivity contribution is 5.29. The zero-order chi connectivity index (χ0) is 13.1. The Balaban J connectivity index is 2.72. The lowest BCUT2D eigenvalue weighted by Gasteiger charge is -2.16. The molecule has 17 heavy (non-hydrogen) atoms. The molecule has 0 fully saturated rings. The highest BCUT2D eigenvalue weighted by atomic mass is 19.4. The van der Waals surface area contributed by atoms with E-state index in [4.69, 9.17) is 5.73 Å². The minimum atomic E-state index is -4.65. The summed E-state index contributed by atoms with van der Waals surface area (Å²) in [4.78, 5) is 0. The summed E-state index contributed by atoms with van der Waals surface area (Å²) in [6.07, 6.45) is -4.12. The monoisotopic (exact) mass is 247 g/mol. The van der Waals surface area contributed by atoms with E-state index in [0.29, 0.717) is 6.42 Å². The zero-order valence-corrected chi connectivity index (χ0v) is 9.79. The van der Waals surface area contributed by atoms with Crippen molar-refractivity contribution >= 4 is 0 Å². The first-order valence-corrected chi connectivity index (χ1v) is 5.38. The predicted molar refractivity (Wildman–Crippen MR) is 59.6 cm³/mol. The van der Waals surface area contributed by atoms with Crippen molar-refractivity contribution in [3.05, 3.63) is 29.8 Å². The van der Waals surface area contributed by atoms with E-state index in [2.05, 4.69) is 4.74 Å². The van der Waals surface area contributed by atoms with E-state index >= 15 is 0 Å². The lowest BCUT2D eigenvalue weighted by atomic mass is 9.97. The number of ether oxygens (including phenoxy) is 1. The van der Waals surface area contributed by atoms with Crippen LogP contribution in [-0.2, 0) is 6.42 Å². The molecule has 1 atom stereocenters. The predicted octanol–water partition coefficient (Wildman–Crippen LogP) is 3.11. The van der Waals surface area contributed by atoms with E-state index < -0.39 is 6.36 Å². The molecule has 1 aromatic carbocycles. The lowest BCUT2D eigenvalue weighted by molar-refractivity contribution is -0.274. The summed E-state index contributed by atoms with van der Waals surface area (Å²) >= 11 is 0. The smallest absolute Gasteiger partial charge is 0.406 e. The second kappa shape index (κ2) is 5.40. The molecule has 0 aliphatic rings. The third kappa shape index (κ3) is 5.08. The van der Waals surface area contributed by atoms with Crippen LogP contribution in [0.2, 0.25) is 0 Å². The van der Waals surface area contributed by atoms with Gasteiger partial charge in [0.05, 0.1) is 0 Å². The molecule has 0 spiro atoms. The molecule has 0 saturated heterocycles. The molecule has 0 bridgehead atoms. The molecule has 0 aromatic heterocycles. The van der Waals surface area contributed by atoms with Crippen molar-refractivity contribution in [2.45, 2.75) is 32.7 Å². The van der Waals surface area contributed by atoms with Gasteiger partial charge in [-0.15, -0.1) is 13.2 Å². The Labute approximate surface area is 98.6 Å². The van der Waals surface area contributed by atoms with Crippen LogP contribution in [0.5, 0.6) is 5.75 Å². The van der Waals surface area contributed by atoms with E-state index in [1.165, 1.54) is 18.2 Å². The fourth-order valence-corrected chi connectivity index (χ4v) is 1.38. The number of hydrogen-bond acceptors (Lipinski definition) is 2. The van der Waals surface area contributed by atoms with Crippen LogP contribution >= 0.6 is 0 Å². The van der Waals surface area contributed by atoms with Gasteiger partial charge in [-0.3, -0.25) is 0 Å². The summed E-state index contributed by atoms with van der Waals surface area (Å²) in [6, 6.07) is 5.85. The quantitative estimate of drug-likeness (QED) is 0.887. The zero-order valence-electron chi connectivity index (χ0n) is 9.79. The molecule has 0 aliphatic carbocycles. The normalized spacial score (nSPS) is 13.8. The van der Waals surface area contributed by atoms with E-state index in [-0.39, 0.29) is 17.7 Å². The summed E-state index contributed by atoms with van der Waals surface area (Å²) < 4.78 is 39.9. The maximum Gasteiger partial charge on any atom is 0.573 e. The molecule has 1 unspecified atom stereocenters. The summed E-state index contributed by atoms with van der Waals surface area (Å²) in [7, 11) is 0. The van der Waals surface area contributed by atoms with Gasteiger partial charge in [0.15, 0.2) is 0 Å². The highest BCUT2D eigenvalue weighted by Crippen LogP contribution is 2.23. The van der Waals surface area contributed by atoms with Crippen molar-refractivity contribution in [3.8, 4) is 5.75 Å². The van der Waals surface area contributed by atoms with Gasteiger partial charge in [-0.1, -0.05) is 26.0 Å². The Morgan fingerprint density at radius 3 is 2.47 bits per heavy atom. The van der Waals surface area contributed by atoms with Gasteiger partial charge in [-0.2, -0.15) is 0 Å². The van der Waals surface area contributed by atoms with Crippen LogP contribution in [0.1, 0.15) is 19.4 Å². The van der Waals surface area contributed by atoms with Crippen LogP contribution < -0.4 is 10.5 Å². The van der Waals surface area contributed by atoms with Crippen molar-refractivity contribution in [3.63, 3.8) is 0 Å². The third-order valence-corrected chi connectivity index (χ3v) is 2.46. The molecule has 2 nitrogen and oxygen atoms in total. The number of benzene rings is 1. The van der Waals surface area contributed by atoms with Gasteiger partial charge >= 0.3 is 6.36 Å². The fourth-order valence-electron chi connectivity index (χ4n) is 1.38. The first-order chi connectivity index (χ1) is 7.78. The Morgan fingerprint density at radius 1 is 1.29 bits per heavy atom. The molecule has 0 amide bonds. The maximum absolute atomic E-state index is 12.0. The molecular formula is C12H16F3NO. The lowest BCUT2D eigenvalue weighted by Crippen LogP contribution is -2.28. The molecule has 96 valence electrons. The molecule has 0 heterocycles. The van der Waals surface area contributed by atoms with E-state index in [9.17, 15) is 13.2 Å². The van der Waals surface area contributed by atoms with Crippen LogP contribution in [0.3, 0.4) is 0 Å². The Hall–Kier alpha value is -1.23. The van der Waals surface area contributed by atoms with Crippen LogP contribution in [0.15, 0.2) is 24.3 Å². The number of nitrogens with two attached hydrogens (primary N) is 1. The fraction of sp³-hybridized carbons (Fsp3) is 0.500. The molecule has 1 aromatic rings. The van der Waals surface area contributed by atoms with Crippen LogP contribution in [0.4, 0.5) is 13.2 Å². The minimum absolute atomic E-state index is 0.0730. The topological polar surface area (TPSA) is 35.2 Å². The standard InChI is InChI=1S/C12H16F3NO/c1-8(2)11(16)7-9-4-3-5-10(6-9)17-12(13,14)15/h3-6,8,11H,7,16H2,1-2H3. The summed E-state index contributed by atoms with van der Waals surface area (Å²) in [5.41, 5.74) is 6.61. The van der Waals surface area contributed by atoms with Gasteiger partial charge in [0.1, 0.15) is 5.75 Å². The van der Waals surface area contributed by atoms with Crippen molar-refractivity contribution < 1.29 is 17.9 Å². The van der Waals surface area contributed by atoms with Crippen LogP contribution in [0.25, 0.3) is 0 Å². The summed E-state index contributed by atoms with van der Waals surface area (Å²) in [6.45, 7) is 3.95. The van der Waals surface area contributed by atoms with Crippen LogP contribution in [0, 0.1) is 5.92 Å². The number of halogens is 3. The Bertz CT molecular complexity index is 363. The Morgan fingerprint density at radius 2 is 1.94 bits per heavy atom. The van der Waals surface area contributed by atoms with Gasteiger partial charge in [-0.05, 0) is 30.0 Å². The maximum atomic E-state index is 12.0. The molecule has 0 saturated carbocycles. The molecular weight excluding hydrogens is 231 g/mol. The first-order valence-electron chi connectivity index (χ1n) is 5.38. The number of hydrogen-bond donors (Lipinski definition) is 1. The van der Waals surface area contributed by atoms with Gasteiger partial charge < -0.3 is 10.5 Å². The summed E-state index contributed by atoms with van der Waals surface area (Å²) in [5, 5.41) is 0. The average Bonchev–Trinajstić information content (AvgIpc) is 2.15. The summed E-state index contributed by atoms with van der Waals surface area (Å²) in [5.74, 6) is 0.0770. The molecule has 5 heteroatoms. The van der Waals surface area contributed by atoms with E-state index in [0.717, 1.165) is 5.56 Å². The Kier molecular flexibility index (Phi) is 4.40. The van der Waals surface area contributed by atoms with Gasteiger partial charge in [0.2, 0.25) is 0 Å². The minimum Gasteiger partial charge on any atom is -0.406 e. The molecule has 0 aliphatic heterocycles. The second-order valence-electron chi connectivity index (χ2n) is 4.31. The van der Waals surface area contributed by atoms with E-state index in [1.807, 2.05) is 13.8 Å². The van der Waals surface area contributed by atoms with Gasteiger partial charge in [-0.25, -0.2) is 0 Å². The first kappa shape index (κ1) is 13.8. The molecule has 2 N–H and O–H groups in total. The van der Waals surface area contributed by atoms with Gasteiger partial charge in [0, 0.05) is 6.04 Å². The highest BCUT2D eigenvalue weighted by Gasteiger charge is 2.31. The average molecular weight is 247 g/mol. The van der Waals surface area contributed by atoms with Gasteiger partial charge in [0.25, 0.3) is 0 Å². The van der Waals surface area contributed by atoms with Crippen molar-refractivity contribution in [1.29, 1.82) is 0 Å².